The van der Waals surface area contributed by atoms with Crippen molar-refractivity contribution in [2.75, 3.05) is 33.7 Å². The van der Waals surface area contributed by atoms with Gasteiger partial charge in [-0.3, -0.25) is 0 Å². The number of likely N-dealkylation sites (N-methyl/N-ethyl adjacent to an activating group) is 2. The number of fused-ring (bicyclic) bond motifs is 3. The van der Waals surface area contributed by atoms with E-state index in [-0.39, 0.29) is 0 Å². The van der Waals surface area contributed by atoms with Crippen LogP contribution >= 0.6 is 0 Å². The number of hydrogen-bond donors (Lipinski definition) is 2. The number of phenols is 2. The predicted molar refractivity (Wildman–Crippen MR) is 183 cm³/mol. The summed E-state index contributed by atoms with van der Waals surface area (Å²) in [5, 5.41) is 25.0. The van der Waals surface area contributed by atoms with Crippen LogP contribution in [0, 0.1) is 13.8 Å². The van der Waals surface area contributed by atoms with Gasteiger partial charge in [-0.05, 0) is 80.9 Å². The molecular formula is C39H41N3O2. The largest absolute Gasteiger partial charge is 0.507 e. The molecule has 1 heterocycles. The zero-order chi connectivity index (χ0) is 30.8. The van der Waals surface area contributed by atoms with E-state index in [0.29, 0.717) is 18.0 Å². The third-order valence-corrected chi connectivity index (χ3v) is 8.62. The average Bonchev–Trinajstić information content (AvgIpc) is 3.36. The highest BCUT2D eigenvalue weighted by Crippen LogP contribution is 2.37. The maximum absolute atomic E-state index is 11.6. The molecule has 224 valence electrons. The average molecular weight is 584 g/mol. The molecule has 5 nitrogen and oxygen atoms in total. The summed E-state index contributed by atoms with van der Waals surface area (Å²) < 4.78 is 2.19. The molecule has 0 spiro atoms. The first kappa shape index (κ1) is 29.5. The lowest BCUT2D eigenvalue weighted by molar-refractivity contribution is 0.251. The predicted octanol–water partition coefficient (Wildman–Crippen LogP) is 8.09. The smallest absolute Gasteiger partial charge is 0.142 e. The van der Waals surface area contributed by atoms with E-state index in [2.05, 4.69) is 115 Å². The minimum Gasteiger partial charge on any atom is -0.507 e. The Bertz CT molecular complexity index is 1870. The first-order chi connectivity index (χ1) is 21.3. The van der Waals surface area contributed by atoms with Crippen molar-refractivity contribution in [3.63, 3.8) is 0 Å². The van der Waals surface area contributed by atoms with E-state index >= 15 is 0 Å². The van der Waals surface area contributed by atoms with Crippen LogP contribution in [0.3, 0.4) is 0 Å². The van der Waals surface area contributed by atoms with Crippen LogP contribution in [-0.4, -0.2) is 58.3 Å². The van der Waals surface area contributed by atoms with Gasteiger partial charge >= 0.3 is 0 Å². The van der Waals surface area contributed by atoms with Gasteiger partial charge in [-0.25, -0.2) is 0 Å². The molecule has 0 aliphatic carbocycles. The van der Waals surface area contributed by atoms with E-state index in [1.54, 1.807) is 0 Å². The highest BCUT2D eigenvalue weighted by Gasteiger charge is 2.18. The van der Waals surface area contributed by atoms with Gasteiger partial charge in [0.2, 0.25) is 0 Å². The lowest BCUT2D eigenvalue weighted by Gasteiger charge is -2.23. The molecule has 0 saturated carbocycles. The number of aromatic nitrogens is 1. The van der Waals surface area contributed by atoms with Crippen LogP contribution in [0.2, 0.25) is 0 Å². The second-order valence-electron chi connectivity index (χ2n) is 12.1. The van der Waals surface area contributed by atoms with Crippen molar-refractivity contribution in [3.05, 3.63) is 125 Å². The van der Waals surface area contributed by atoms with Gasteiger partial charge in [0, 0.05) is 48.1 Å². The zero-order valence-corrected chi connectivity index (χ0v) is 26.1. The first-order valence-corrected chi connectivity index (χ1v) is 15.4. The van der Waals surface area contributed by atoms with Crippen molar-refractivity contribution in [3.8, 4) is 28.3 Å². The second-order valence-corrected chi connectivity index (χ2v) is 12.1. The Morgan fingerprint density at radius 2 is 1.16 bits per heavy atom. The van der Waals surface area contributed by atoms with E-state index in [1.807, 2.05) is 30.3 Å². The van der Waals surface area contributed by atoms with Crippen molar-refractivity contribution in [2.45, 2.75) is 26.8 Å². The van der Waals surface area contributed by atoms with Crippen LogP contribution in [0.25, 0.3) is 38.6 Å². The van der Waals surface area contributed by atoms with Crippen LogP contribution in [0.15, 0.2) is 103 Å². The minimum atomic E-state index is 0.344. The van der Waals surface area contributed by atoms with E-state index in [0.717, 1.165) is 76.2 Å². The Balaban J connectivity index is 1.14. The molecule has 0 unspecified atom stereocenters. The third kappa shape index (κ3) is 5.94. The van der Waals surface area contributed by atoms with Crippen LogP contribution in [0.1, 0.15) is 22.3 Å². The molecule has 6 rings (SSSR count). The van der Waals surface area contributed by atoms with Gasteiger partial charge < -0.3 is 24.6 Å². The van der Waals surface area contributed by atoms with Gasteiger partial charge in [0.25, 0.3) is 0 Å². The quantitative estimate of drug-likeness (QED) is 0.171. The summed E-state index contributed by atoms with van der Waals surface area (Å²) >= 11 is 0. The van der Waals surface area contributed by atoms with Gasteiger partial charge in [-0.2, -0.15) is 0 Å². The molecule has 0 bridgehead atoms. The van der Waals surface area contributed by atoms with Crippen LogP contribution in [-0.2, 0) is 13.0 Å². The minimum absolute atomic E-state index is 0.344. The van der Waals surface area contributed by atoms with Gasteiger partial charge in [0.1, 0.15) is 11.5 Å². The van der Waals surface area contributed by atoms with Crippen molar-refractivity contribution in [2.24, 2.45) is 0 Å². The van der Waals surface area contributed by atoms with E-state index in [4.69, 9.17) is 0 Å². The maximum Gasteiger partial charge on any atom is 0.142 e. The highest BCUT2D eigenvalue weighted by molar-refractivity contribution is 6.09. The number of para-hydroxylation sites is 2. The molecule has 1 aromatic heterocycles. The number of aryl methyl sites for hydroxylation is 2. The third-order valence-electron chi connectivity index (χ3n) is 8.62. The molecule has 0 saturated heterocycles. The Morgan fingerprint density at radius 3 is 1.84 bits per heavy atom. The molecule has 0 radical (unpaired) electrons. The molecule has 6 aromatic rings. The Hall–Kier alpha value is -4.58. The van der Waals surface area contributed by atoms with E-state index in [9.17, 15) is 10.2 Å². The van der Waals surface area contributed by atoms with Gasteiger partial charge in [0.05, 0.1) is 16.7 Å². The first-order valence-electron chi connectivity index (χ1n) is 15.4. The summed E-state index contributed by atoms with van der Waals surface area (Å²) in [7, 11) is 4.23. The molecule has 0 aliphatic rings. The number of nitrogens with zero attached hydrogens (tertiary/aromatic N) is 3. The Labute approximate surface area is 260 Å². The van der Waals surface area contributed by atoms with E-state index < -0.39 is 0 Å². The molecular weight excluding hydrogens is 542 g/mol. The van der Waals surface area contributed by atoms with Crippen LogP contribution in [0.5, 0.6) is 11.5 Å². The molecule has 0 atom stereocenters. The standard InChI is InChI=1S/C39H41N3O2/c1-27-23-31(38(43)34(24-27)29-12-6-5-7-13-29)26-41(4)21-20-40(3)19-18-30-22-28(2)25-37(39(30)44)42-35-16-10-8-14-32(35)33-15-9-11-17-36(33)42/h5-17,22-25,43-44H,18-21,26H2,1-4H3. The molecule has 5 heteroatoms. The van der Waals surface area contributed by atoms with Gasteiger partial charge in [0.15, 0.2) is 0 Å². The number of hydrogen-bond acceptors (Lipinski definition) is 4. The summed E-state index contributed by atoms with van der Waals surface area (Å²) in [5.41, 5.74) is 9.09. The maximum atomic E-state index is 11.6. The molecule has 0 fully saturated rings. The van der Waals surface area contributed by atoms with Crippen molar-refractivity contribution in [1.82, 2.24) is 14.4 Å². The van der Waals surface area contributed by atoms with Crippen LogP contribution < -0.4 is 0 Å². The van der Waals surface area contributed by atoms with Crippen LogP contribution in [0.4, 0.5) is 0 Å². The summed E-state index contributed by atoms with van der Waals surface area (Å²) in [6.45, 7) is 7.41. The van der Waals surface area contributed by atoms with Gasteiger partial charge in [-0.15, -0.1) is 0 Å². The lowest BCUT2D eigenvalue weighted by Crippen LogP contribution is -2.31. The van der Waals surface area contributed by atoms with Crippen molar-refractivity contribution in [1.29, 1.82) is 0 Å². The molecule has 0 amide bonds. The van der Waals surface area contributed by atoms with Crippen molar-refractivity contribution < 1.29 is 10.2 Å². The fourth-order valence-electron chi connectivity index (χ4n) is 6.32. The molecule has 5 aromatic carbocycles. The number of benzene rings is 5. The SMILES string of the molecule is Cc1cc(CN(C)CCN(C)CCc2cc(C)cc(-n3c4ccccc4c4ccccc43)c2O)c(O)c(-c2ccccc2)c1. The zero-order valence-electron chi connectivity index (χ0n) is 26.1. The molecule has 0 aliphatic heterocycles. The summed E-state index contributed by atoms with van der Waals surface area (Å²) in [6, 6.07) is 35.2. The van der Waals surface area contributed by atoms with Gasteiger partial charge in [-0.1, -0.05) is 78.9 Å². The van der Waals surface area contributed by atoms with Crippen molar-refractivity contribution >= 4 is 21.8 Å². The number of phenolic OH excluding ortho intramolecular Hbond substituents is 2. The summed E-state index contributed by atoms with van der Waals surface area (Å²) in [4.78, 5) is 4.56. The van der Waals surface area contributed by atoms with E-state index in [1.165, 1.54) is 10.8 Å². The Morgan fingerprint density at radius 1 is 0.591 bits per heavy atom. The normalized spacial score (nSPS) is 11.8. The molecule has 44 heavy (non-hydrogen) atoms. The second kappa shape index (κ2) is 12.6. The fraction of sp³-hybridized carbons (Fsp3) is 0.231. The number of rotatable bonds is 10. The summed E-state index contributed by atoms with van der Waals surface area (Å²) in [6.07, 6.45) is 0.747. The summed E-state index contributed by atoms with van der Waals surface area (Å²) in [5.74, 6) is 0.702. The highest BCUT2D eigenvalue weighted by atomic mass is 16.3. The Kier molecular flexibility index (Phi) is 8.42. The fourth-order valence-corrected chi connectivity index (χ4v) is 6.32. The topological polar surface area (TPSA) is 51.9 Å². The monoisotopic (exact) mass is 583 g/mol. The number of aromatic hydroxyl groups is 2. The lowest BCUT2D eigenvalue weighted by atomic mass is 9.98. The molecule has 2 N–H and O–H groups in total.